The highest BCUT2D eigenvalue weighted by Crippen LogP contribution is 2.41. The Morgan fingerprint density at radius 2 is 1.98 bits per heavy atom. The maximum Gasteiger partial charge on any atom is 0.416 e. The number of aromatic nitrogens is 5. The number of fused-ring (bicyclic) bond motifs is 1. The van der Waals surface area contributed by atoms with E-state index in [1.54, 1.807) is 13.3 Å². The van der Waals surface area contributed by atoms with Gasteiger partial charge in [-0.3, -0.25) is 4.68 Å². The molecule has 5 heterocycles. The summed E-state index contributed by atoms with van der Waals surface area (Å²) in [6.07, 6.45) is 4.38. The van der Waals surface area contributed by atoms with Gasteiger partial charge in [-0.25, -0.2) is 14.4 Å². The largest absolute Gasteiger partial charge is 0.416 e. The number of benzene rings is 1. The Kier molecular flexibility index (Phi) is 6.55. The Balaban J connectivity index is 1.32. The van der Waals surface area contributed by atoms with Gasteiger partial charge in [-0.2, -0.15) is 23.3 Å². The smallest absolute Gasteiger partial charge is 0.380 e. The highest BCUT2D eigenvalue weighted by molar-refractivity contribution is 7.22. The van der Waals surface area contributed by atoms with Crippen molar-refractivity contribution in [3.05, 3.63) is 59.4 Å². The van der Waals surface area contributed by atoms with Gasteiger partial charge in [0, 0.05) is 37.5 Å². The molecule has 0 radical (unpaired) electrons. The van der Waals surface area contributed by atoms with Gasteiger partial charge in [0.1, 0.15) is 16.6 Å². The van der Waals surface area contributed by atoms with Crippen molar-refractivity contribution in [2.75, 3.05) is 31.7 Å². The monoisotopic (exact) mass is 586 g/mol. The van der Waals surface area contributed by atoms with Crippen LogP contribution in [0.4, 0.5) is 22.7 Å². The summed E-state index contributed by atoms with van der Waals surface area (Å²) >= 11 is 1.30. The summed E-state index contributed by atoms with van der Waals surface area (Å²) in [5, 5.41) is 5.15. The molecule has 1 aliphatic carbocycles. The molecule has 214 valence electrons. The molecule has 0 amide bonds. The van der Waals surface area contributed by atoms with Crippen LogP contribution in [0.25, 0.3) is 27.2 Å². The first-order valence-electron chi connectivity index (χ1n) is 13.5. The Bertz CT molecular complexity index is 1650. The van der Waals surface area contributed by atoms with E-state index >= 15 is 4.39 Å². The van der Waals surface area contributed by atoms with Crippen LogP contribution >= 0.6 is 11.3 Å². The minimum absolute atomic E-state index is 0.0343. The van der Waals surface area contributed by atoms with Crippen LogP contribution in [0.2, 0.25) is 0 Å². The summed E-state index contributed by atoms with van der Waals surface area (Å²) in [5.74, 6) is -0.657. The molecule has 0 spiro atoms. The zero-order valence-corrected chi connectivity index (χ0v) is 22.9. The SMILES string of the molecule is CO[C@@H]1CCN(c2nc3nc(C4=C[C@H](c5cnn(C6CC6)c5)OCC4)nc(-c4ccc(C(F)(F)F)cc4F)c3s2)C1. The summed E-state index contributed by atoms with van der Waals surface area (Å²) in [6, 6.07) is 2.96. The number of rotatable bonds is 6. The van der Waals surface area contributed by atoms with Crippen LogP contribution in [0.5, 0.6) is 0 Å². The molecule has 2 atom stereocenters. The highest BCUT2D eigenvalue weighted by Gasteiger charge is 2.33. The third-order valence-electron chi connectivity index (χ3n) is 7.72. The van der Waals surface area contributed by atoms with E-state index in [0.717, 1.165) is 49.1 Å². The molecule has 13 heteroatoms. The maximum atomic E-state index is 15.3. The van der Waals surface area contributed by atoms with Gasteiger partial charge in [0.05, 0.1) is 36.2 Å². The second-order valence-electron chi connectivity index (χ2n) is 10.5. The molecule has 0 bridgehead atoms. The predicted octanol–water partition coefficient (Wildman–Crippen LogP) is 6.21. The van der Waals surface area contributed by atoms with E-state index < -0.39 is 17.6 Å². The lowest BCUT2D eigenvalue weighted by Gasteiger charge is -2.21. The van der Waals surface area contributed by atoms with Gasteiger partial charge < -0.3 is 14.4 Å². The van der Waals surface area contributed by atoms with Gasteiger partial charge in [-0.15, -0.1) is 0 Å². The summed E-state index contributed by atoms with van der Waals surface area (Å²) in [6.45, 7) is 1.81. The summed E-state index contributed by atoms with van der Waals surface area (Å²) in [4.78, 5) is 16.3. The van der Waals surface area contributed by atoms with E-state index in [4.69, 9.17) is 24.4 Å². The fourth-order valence-corrected chi connectivity index (χ4v) is 6.32. The van der Waals surface area contributed by atoms with Gasteiger partial charge >= 0.3 is 6.18 Å². The highest BCUT2D eigenvalue weighted by atomic mass is 32.1. The van der Waals surface area contributed by atoms with Crippen molar-refractivity contribution in [3.63, 3.8) is 0 Å². The lowest BCUT2D eigenvalue weighted by Crippen LogP contribution is -2.21. The normalized spacial score (nSPS) is 21.6. The molecular weight excluding hydrogens is 560 g/mol. The number of hydrogen-bond acceptors (Lipinski definition) is 8. The van der Waals surface area contributed by atoms with Crippen molar-refractivity contribution in [1.29, 1.82) is 0 Å². The molecule has 1 saturated carbocycles. The number of alkyl halides is 3. The predicted molar refractivity (Wildman–Crippen MR) is 145 cm³/mol. The first kappa shape index (κ1) is 26.5. The third-order valence-corrected chi connectivity index (χ3v) is 8.83. The Morgan fingerprint density at radius 1 is 1.12 bits per heavy atom. The summed E-state index contributed by atoms with van der Waals surface area (Å²) in [7, 11) is 1.67. The van der Waals surface area contributed by atoms with Gasteiger partial charge in [0.15, 0.2) is 16.6 Å². The van der Waals surface area contributed by atoms with E-state index in [0.29, 0.717) is 53.0 Å². The molecule has 4 aromatic rings. The Labute approximate surface area is 236 Å². The molecular formula is C28H26F4N6O2S. The standard InChI is InChI=1S/C28H26F4N6O2S/c1-39-19-6-8-37(14-19)27-36-26-24(41-27)23(20-5-2-17(11-21(20)29)28(30,31)32)34-25(35-26)15-7-9-40-22(10-15)16-12-33-38(13-16)18-3-4-18/h2,5,10-13,18-19,22H,3-4,6-9,14H2,1H3/t19-,22-/m1/s1. The second kappa shape index (κ2) is 10.1. The van der Waals surface area contributed by atoms with Crippen molar-refractivity contribution in [2.24, 2.45) is 0 Å². The average Bonchev–Trinajstić information content (AvgIpc) is 3.35. The topological polar surface area (TPSA) is 78.2 Å². The molecule has 2 fully saturated rings. The fraction of sp³-hybridized carbons (Fsp3) is 0.429. The van der Waals surface area contributed by atoms with E-state index in [1.807, 2.05) is 17.0 Å². The van der Waals surface area contributed by atoms with Crippen LogP contribution < -0.4 is 4.90 Å². The summed E-state index contributed by atoms with van der Waals surface area (Å²) in [5.41, 5.74) is 1.21. The molecule has 7 rings (SSSR count). The minimum atomic E-state index is -4.66. The van der Waals surface area contributed by atoms with Crippen LogP contribution in [0.3, 0.4) is 0 Å². The molecule has 3 aromatic heterocycles. The van der Waals surface area contributed by atoms with Crippen molar-refractivity contribution >= 4 is 32.4 Å². The van der Waals surface area contributed by atoms with Crippen molar-refractivity contribution < 1.29 is 27.0 Å². The molecule has 1 aromatic carbocycles. The molecule has 1 saturated heterocycles. The summed E-state index contributed by atoms with van der Waals surface area (Å²) < 4.78 is 69.1. The van der Waals surface area contributed by atoms with Crippen LogP contribution in [-0.2, 0) is 15.7 Å². The van der Waals surface area contributed by atoms with E-state index in [2.05, 4.69) is 10.00 Å². The molecule has 0 N–H and O–H groups in total. The Hall–Kier alpha value is -3.42. The molecule has 2 aliphatic heterocycles. The zero-order chi connectivity index (χ0) is 28.3. The quantitative estimate of drug-likeness (QED) is 0.249. The number of methoxy groups -OCH3 is 1. The van der Waals surface area contributed by atoms with E-state index in [1.165, 1.54) is 11.3 Å². The van der Waals surface area contributed by atoms with Crippen LogP contribution in [0.15, 0.2) is 36.7 Å². The number of thiazole rings is 1. The Morgan fingerprint density at radius 3 is 2.71 bits per heavy atom. The third kappa shape index (κ3) is 5.10. The number of hydrogen-bond donors (Lipinski definition) is 0. The number of ether oxygens (including phenoxy) is 2. The van der Waals surface area contributed by atoms with Gasteiger partial charge in [-0.05, 0) is 55.5 Å². The zero-order valence-electron chi connectivity index (χ0n) is 22.1. The second-order valence-corrected chi connectivity index (χ2v) is 11.5. The van der Waals surface area contributed by atoms with Gasteiger partial charge in [0.25, 0.3) is 0 Å². The molecule has 41 heavy (non-hydrogen) atoms. The first-order valence-corrected chi connectivity index (χ1v) is 14.3. The average molecular weight is 587 g/mol. The maximum absolute atomic E-state index is 15.3. The van der Waals surface area contributed by atoms with Crippen molar-refractivity contribution in [2.45, 2.75) is 50.1 Å². The van der Waals surface area contributed by atoms with Crippen molar-refractivity contribution in [1.82, 2.24) is 24.7 Å². The minimum Gasteiger partial charge on any atom is -0.380 e. The fourth-order valence-electron chi connectivity index (χ4n) is 5.28. The number of anilines is 1. The molecule has 0 unspecified atom stereocenters. The van der Waals surface area contributed by atoms with Gasteiger partial charge in [0.2, 0.25) is 0 Å². The molecule has 8 nitrogen and oxygen atoms in total. The number of nitrogens with zero attached hydrogens (tertiary/aromatic N) is 6. The number of halogens is 4. The lowest BCUT2D eigenvalue weighted by atomic mass is 10.0. The van der Waals surface area contributed by atoms with Gasteiger partial charge in [-0.1, -0.05) is 11.3 Å². The lowest BCUT2D eigenvalue weighted by molar-refractivity contribution is -0.137. The van der Waals surface area contributed by atoms with Crippen LogP contribution in [-0.4, -0.2) is 57.6 Å². The molecule has 3 aliphatic rings. The van der Waals surface area contributed by atoms with E-state index in [-0.39, 0.29) is 23.5 Å². The van der Waals surface area contributed by atoms with Crippen LogP contribution in [0.1, 0.15) is 54.8 Å². The van der Waals surface area contributed by atoms with E-state index in [9.17, 15) is 13.2 Å². The van der Waals surface area contributed by atoms with Crippen LogP contribution in [0, 0.1) is 5.82 Å². The van der Waals surface area contributed by atoms with Crippen molar-refractivity contribution in [3.8, 4) is 11.3 Å². The first-order chi connectivity index (χ1) is 19.8.